The molecule has 1 N–H and O–H groups in total. The number of thiazole rings is 1. The van der Waals surface area contributed by atoms with E-state index >= 15 is 0 Å². The molecular formula is C18H18N2O4S2. The molecule has 0 aliphatic rings. The number of furan rings is 1. The number of amides is 1. The van der Waals surface area contributed by atoms with Gasteiger partial charge in [-0.2, -0.15) is 11.8 Å². The first-order valence-corrected chi connectivity index (χ1v) is 10.2. The number of carbonyl (C=O) groups is 2. The lowest BCUT2D eigenvalue weighted by atomic mass is 10.2. The van der Waals surface area contributed by atoms with Gasteiger partial charge >= 0.3 is 5.97 Å². The highest BCUT2D eigenvalue weighted by Gasteiger charge is 2.23. The van der Waals surface area contributed by atoms with Crippen LogP contribution in [0.15, 0.2) is 40.8 Å². The third-order valence-corrected chi connectivity index (χ3v) is 5.43. The predicted molar refractivity (Wildman–Crippen MR) is 104 cm³/mol. The lowest BCUT2D eigenvalue weighted by Gasteiger charge is -2.15. The maximum atomic E-state index is 12.4. The van der Waals surface area contributed by atoms with Crippen LogP contribution in [0.25, 0.3) is 21.0 Å². The molecule has 3 rings (SSSR count). The van der Waals surface area contributed by atoms with Crippen molar-refractivity contribution in [1.29, 1.82) is 0 Å². The van der Waals surface area contributed by atoms with Crippen LogP contribution in [0.1, 0.15) is 17.0 Å². The van der Waals surface area contributed by atoms with E-state index in [1.165, 1.54) is 18.4 Å². The van der Waals surface area contributed by atoms with Crippen LogP contribution in [0.5, 0.6) is 0 Å². The molecule has 0 bridgehead atoms. The van der Waals surface area contributed by atoms with E-state index in [1.54, 1.807) is 23.9 Å². The van der Waals surface area contributed by atoms with Gasteiger partial charge in [-0.05, 0) is 42.7 Å². The Balaban J connectivity index is 1.75. The van der Waals surface area contributed by atoms with Gasteiger partial charge in [0.05, 0.1) is 17.3 Å². The van der Waals surface area contributed by atoms with Crippen molar-refractivity contribution in [3.63, 3.8) is 0 Å². The zero-order valence-corrected chi connectivity index (χ0v) is 16.0. The van der Waals surface area contributed by atoms with Crippen molar-refractivity contribution in [2.24, 2.45) is 0 Å². The summed E-state index contributed by atoms with van der Waals surface area (Å²) in [6.07, 6.45) is 2.43. The Hall–Kier alpha value is -2.32. The van der Waals surface area contributed by atoms with E-state index in [0.717, 1.165) is 16.0 Å². The minimum Gasteiger partial charge on any atom is -0.467 e. The van der Waals surface area contributed by atoms with Crippen molar-refractivity contribution in [2.75, 3.05) is 19.1 Å². The Kier molecular flexibility index (Phi) is 5.95. The summed E-state index contributed by atoms with van der Waals surface area (Å²) in [6, 6.07) is 10.4. The number of fused-ring (bicyclic) bond motifs is 1. The zero-order chi connectivity index (χ0) is 18.5. The lowest BCUT2D eigenvalue weighted by Crippen LogP contribution is -2.41. The number of methoxy groups -OCH3 is 1. The standard InChI is InChI=1S/C18H18N2O4S2/c1-23-18(22)12(9-10-25-2)19-16(21)13-7-8-14(24-13)17-20-11-5-3-4-6-15(11)26-17/h3-8,12H,9-10H2,1-2H3,(H,19,21)/t12-/m0/s1. The largest absolute Gasteiger partial charge is 0.467 e. The average Bonchev–Trinajstić information content (AvgIpc) is 3.30. The summed E-state index contributed by atoms with van der Waals surface area (Å²) in [4.78, 5) is 28.8. The van der Waals surface area contributed by atoms with Crippen molar-refractivity contribution >= 4 is 45.2 Å². The zero-order valence-electron chi connectivity index (χ0n) is 14.4. The normalized spacial score (nSPS) is 12.1. The van der Waals surface area contributed by atoms with Gasteiger partial charge < -0.3 is 14.5 Å². The number of para-hydroxylation sites is 1. The first-order chi connectivity index (χ1) is 12.6. The number of carbonyl (C=O) groups excluding carboxylic acids is 2. The van der Waals surface area contributed by atoms with Crippen molar-refractivity contribution in [2.45, 2.75) is 12.5 Å². The molecule has 0 unspecified atom stereocenters. The fraction of sp³-hybridized carbons (Fsp3) is 0.278. The number of hydrogen-bond acceptors (Lipinski definition) is 7. The Morgan fingerprint density at radius 3 is 2.85 bits per heavy atom. The fourth-order valence-corrected chi connectivity index (χ4v) is 3.81. The van der Waals surface area contributed by atoms with Gasteiger partial charge in [0.2, 0.25) is 0 Å². The van der Waals surface area contributed by atoms with Gasteiger partial charge in [0.1, 0.15) is 6.04 Å². The fourth-order valence-electron chi connectivity index (χ4n) is 2.41. The number of benzene rings is 1. The smallest absolute Gasteiger partial charge is 0.328 e. The number of nitrogens with zero attached hydrogens (tertiary/aromatic N) is 1. The minimum absolute atomic E-state index is 0.136. The van der Waals surface area contributed by atoms with Crippen molar-refractivity contribution in [3.8, 4) is 10.8 Å². The van der Waals surface area contributed by atoms with Crippen LogP contribution < -0.4 is 5.32 Å². The summed E-state index contributed by atoms with van der Waals surface area (Å²) >= 11 is 3.09. The first-order valence-electron chi connectivity index (χ1n) is 7.95. The second-order valence-corrected chi connectivity index (χ2v) is 7.50. The molecule has 2 aromatic heterocycles. The van der Waals surface area contributed by atoms with Gasteiger partial charge in [-0.25, -0.2) is 9.78 Å². The summed E-state index contributed by atoms with van der Waals surface area (Å²) in [5.41, 5.74) is 0.887. The number of rotatable bonds is 7. The van der Waals surface area contributed by atoms with E-state index in [9.17, 15) is 9.59 Å². The number of ether oxygens (including phenoxy) is 1. The molecule has 8 heteroatoms. The monoisotopic (exact) mass is 390 g/mol. The predicted octanol–water partition coefficient (Wildman–Crippen LogP) is 3.58. The molecule has 0 saturated heterocycles. The second-order valence-electron chi connectivity index (χ2n) is 5.48. The van der Waals surface area contributed by atoms with Gasteiger partial charge in [-0.1, -0.05) is 12.1 Å². The molecule has 0 aliphatic carbocycles. The molecule has 1 amide bonds. The van der Waals surface area contributed by atoms with Gasteiger partial charge in [0.15, 0.2) is 16.5 Å². The SMILES string of the molecule is COC(=O)[C@H](CCSC)NC(=O)c1ccc(-c2nc3ccccc3s2)o1. The molecule has 0 saturated carbocycles. The highest BCUT2D eigenvalue weighted by atomic mass is 32.2. The Labute approximate surface area is 158 Å². The number of thioether (sulfide) groups is 1. The highest BCUT2D eigenvalue weighted by molar-refractivity contribution is 7.98. The number of nitrogens with one attached hydrogen (secondary N) is 1. The van der Waals surface area contributed by atoms with Crippen LogP contribution in [0, 0.1) is 0 Å². The van der Waals surface area contributed by atoms with Crippen LogP contribution >= 0.6 is 23.1 Å². The first kappa shape index (κ1) is 18.5. The lowest BCUT2D eigenvalue weighted by molar-refractivity contribution is -0.142. The van der Waals surface area contributed by atoms with Gasteiger partial charge in [0, 0.05) is 0 Å². The topological polar surface area (TPSA) is 81.4 Å². The van der Waals surface area contributed by atoms with E-state index in [0.29, 0.717) is 17.2 Å². The Bertz CT molecular complexity index is 886. The number of esters is 1. The molecule has 0 radical (unpaired) electrons. The van der Waals surface area contributed by atoms with Crippen molar-refractivity contribution in [3.05, 3.63) is 42.2 Å². The molecule has 3 aromatic rings. The molecule has 1 aromatic carbocycles. The average molecular weight is 390 g/mol. The summed E-state index contributed by atoms with van der Waals surface area (Å²) in [7, 11) is 1.30. The summed E-state index contributed by atoms with van der Waals surface area (Å²) in [6.45, 7) is 0. The summed E-state index contributed by atoms with van der Waals surface area (Å²) in [5, 5.41) is 3.38. The van der Waals surface area contributed by atoms with E-state index in [1.807, 2.05) is 30.5 Å². The molecule has 6 nitrogen and oxygen atoms in total. The molecule has 0 aliphatic heterocycles. The summed E-state index contributed by atoms with van der Waals surface area (Å²) in [5.74, 6) is 0.474. The molecular weight excluding hydrogens is 372 g/mol. The van der Waals surface area contributed by atoms with Crippen LogP contribution in [-0.2, 0) is 9.53 Å². The molecule has 26 heavy (non-hydrogen) atoms. The molecule has 136 valence electrons. The number of hydrogen-bond donors (Lipinski definition) is 1. The van der Waals surface area contributed by atoms with Gasteiger partial charge in [-0.3, -0.25) is 4.79 Å². The van der Waals surface area contributed by atoms with Crippen molar-refractivity contribution < 1.29 is 18.7 Å². The molecule has 0 fully saturated rings. The third kappa shape index (κ3) is 4.08. The van der Waals surface area contributed by atoms with E-state index in [4.69, 9.17) is 9.15 Å². The molecule has 1 atom stereocenters. The Morgan fingerprint density at radius 1 is 1.31 bits per heavy atom. The van der Waals surface area contributed by atoms with Crippen LogP contribution in [0.4, 0.5) is 0 Å². The molecule has 2 heterocycles. The molecule has 0 spiro atoms. The quantitative estimate of drug-likeness (QED) is 0.621. The van der Waals surface area contributed by atoms with Crippen LogP contribution in [-0.4, -0.2) is 42.0 Å². The van der Waals surface area contributed by atoms with E-state index in [-0.39, 0.29) is 5.76 Å². The Morgan fingerprint density at radius 2 is 2.12 bits per heavy atom. The van der Waals surface area contributed by atoms with E-state index in [2.05, 4.69) is 10.3 Å². The third-order valence-electron chi connectivity index (χ3n) is 3.74. The maximum absolute atomic E-state index is 12.4. The van der Waals surface area contributed by atoms with Crippen molar-refractivity contribution in [1.82, 2.24) is 10.3 Å². The second kappa shape index (κ2) is 8.37. The van der Waals surface area contributed by atoms with E-state index < -0.39 is 17.9 Å². The minimum atomic E-state index is -0.698. The van der Waals surface area contributed by atoms with Crippen LogP contribution in [0.3, 0.4) is 0 Å². The maximum Gasteiger partial charge on any atom is 0.328 e. The van der Waals surface area contributed by atoms with Crippen LogP contribution in [0.2, 0.25) is 0 Å². The van der Waals surface area contributed by atoms with Gasteiger partial charge in [-0.15, -0.1) is 11.3 Å². The highest BCUT2D eigenvalue weighted by Crippen LogP contribution is 2.31. The van der Waals surface area contributed by atoms with Gasteiger partial charge in [0.25, 0.3) is 5.91 Å². The number of aromatic nitrogens is 1. The summed E-state index contributed by atoms with van der Waals surface area (Å²) < 4.78 is 11.5.